The van der Waals surface area contributed by atoms with Gasteiger partial charge >= 0.3 is 6.18 Å². The predicted molar refractivity (Wildman–Crippen MR) is 106 cm³/mol. The molecule has 0 radical (unpaired) electrons. The van der Waals surface area contributed by atoms with Crippen LogP contribution in [0.2, 0.25) is 5.02 Å². The highest BCUT2D eigenvalue weighted by Gasteiger charge is 2.42. The topological polar surface area (TPSA) is 111 Å². The molecule has 2 N–H and O–H groups in total. The van der Waals surface area contributed by atoms with Crippen molar-refractivity contribution >= 4 is 17.4 Å². The van der Waals surface area contributed by atoms with E-state index < -0.39 is 17.4 Å². The van der Waals surface area contributed by atoms with Crippen molar-refractivity contribution in [3.8, 4) is 34.4 Å². The molecule has 0 atom stereocenters. The fourth-order valence-corrected chi connectivity index (χ4v) is 3.25. The average molecular weight is 445 g/mol. The first-order valence-corrected chi connectivity index (χ1v) is 9.06. The molecule has 0 amide bonds. The van der Waals surface area contributed by atoms with Crippen LogP contribution in [0.15, 0.2) is 42.7 Å². The molecule has 0 aliphatic heterocycles. The number of rotatable bonds is 3. The average Bonchev–Trinajstić information content (AvgIpc) is 3.25. The summed E-state index contributed by atoms with van der Waals surface area (Å²) in [7, 11) is 1.45. The van der Waals surface area contributed by atoms with Crippen LogP contribution in [0.5, 0.6) is 0 Å². The minimum absolute atomic E-state index is 0.0978. The molecule has 0 unspecified atom stereocenters. The molecule has 3 aromatic heterocycles. The molecule has 12 heteroatoms. The summed E-state index contributed by atoms with van der Waals surface area (Å²) in [5.74, 6) is -0.523. The lowest BCUT2D eigenvalue weighted by atomic mass is 9.98. The van der Waals surface area contributed by atoms with Gasteiger partial charge in [0.25, 0.3) is 5.95 Å². The zero-order valence-corrected chi connectivity index (χ0v) is 16.5. The first-order valence-electron chi connectivity index (χ1n) is 8.69. The molecular formula is C19H12ClF3N8. The molecule has 0 aliphatic carbocycles. The number of benzene rings is 1. The lowest BCUT2D eigenvalue weighted by molar-refractivity contribution is -0.140. The van der Waals surface area contributed by atoms with Crippen LogP contribution in [0.3, 0.4) is 0 Å². The Balaban J connectivity index is 2.08. The largest absolute Gasteiger partial charge is 0.435 e. The van der Waals surface area contributed by atoms with E-state index in [-0.39, 0.29) is 28.7 Å². The van der Waals surface area contributed by atoms with Gasteiger partial charge in [-0.05, 0) is 18.2 Å². The molecule has 31 heavy (non-hydrogen) atoms. The quantitative estimate of drug-likeness (QED) is 0.513. The fraction of sp³-hybridized carbons (Fsp3) is 0.105. The number of nitrogen functional groups attached to an aromatic ring is 1. The number of anilines is 1. The van der Waals surface area contributed by atoms with Gasteiger partial charge < -0.3 is 5.73 Å². The molecule has 0 saturated carbocycles. The zero-order chi connectivity index (χ0) is 22.3. The van der Waals surface area contributed by atoms with E-state index in [0.29, 0.717) is 10.6 Å². The summed E-state index contributed by atoms with van der Waals surface area (Å²) in [6, 6.07) is 9.71. The van der Waals surface area contributed by atoms with E-state index in [1.165, 1.54) is 30.2 Å². The van der Waals surface area contributed by atoms with Crippen molar-refractivity contribution in [3.63, 3.8) is 0 Å². The van der Waals surface area contributed by atoms with Crippen LogP contribution in [-0.2, 0) is 13.2 Å². The second-order valence-electron chi connectivity index (χ2n) is 6.38. The summed E-state index contributed by atoms with van der Waals surface area (Å²) in [6.45, 7) is 0. The van der Waals surface area contributed by atoms with Gasteiger partial charge in [0.05, 0.1) is 11.1 Å². The number of aryl methyl sites for hydroxylation is 1. The van der Waals surface area contributed by atoms with E-state index >= 15 is 0 Å². The number of hydrogen-bond acceptors (Lipinski definition) is 6. The number of halogens is 4. The molecular weight excluding hydrogens is 433 g/mol. The Morgan fingerprint density at radius 1 is 1.06 bits per heavy atom. The summed E-state index contributed by atoms with van der Waals surface area (Å²) in [5, 5.41) is 18.0. The van der Waals surface area contributed by atoms with E-state index in [1.54, 1.807) is 24.3 Å². The third kappa shape index (κ3) is 3.47. The van der Waals surface area contributed by atoms with Crippen molar-refractivity contribution in [2.24, 2.45) is 7.05 Å². The van der Waals surface area contributed by atoms with Crippen molar-refractivity contribution in [2.45, 2.75) is 6.18 Å². The molecule has 4 rings (SSSR count). The normalized spacial score (nSPS) is 11.5. The van der Waals surface area contributed by atoms with Crippen molar-refractivity contribution in [3.05, 3.63) is 59.1 Å². The lowest BCUT2D eigenvalue weighted by Crippen LogP contribution is -2.10. The van der Waals surface area contributed by atoms with Crippen LogP contribution in [-0.4, -0.2) is 29.5 Å². The van der Waals surface area contributed by atoms with Crippen molar-refractivity contribution < 1.29 is 13.2 Å². The number of nitrogens with two attached hydrogens (primary N) is 1. The Morgan fingerprint density at radius 2 is 1.71 bits per heavy atom. The first-order chi connectivity index (χ1) is 14.7. The van der Waals surface area contributed by atoms with Gasteiger partial charge in [0.15, 0.2) is 5.69 Å². The Hall–Kier alpha value is -3.91. The van der Waals surface area contributed by atoms with Gasteiger partial charge in [-0.15, -0.1) is 0 Å². The summed E-state index contributed by atoms with van der Waals surface area (Å²) in [5.41, 5.74) is 4.73. The van der Waals surface area contributed by atoms with Crippen molar-refractivity contribution in [1.29, 1.82) is 5.26 Å². The van der Waals surface area contributed by atoms with Gasteiger partial charge in [0.1, 0.15) is 23.3 Å². The Kier molecular flexibility index (Phi) is 4.87. The van der Waals surface area contributed by atoms with Crippen LogP contribution in [0.1, 0.15) is 11.4 Å². The Morgan fingerprint density at radius 3 is 2.29 bits per heavy atom. The van der Waals surface area contributed by atoms with Gasteiger partial charge in [-0.2, -0.15) is 33.3 Å². The molecule has 0 spiro atoms. The van der Waals surface area contributed by atoms with E-state index in [1.807, 2.05) is 6.07 Å². The van der Waals surface area contributed by atoms with Crippen molar-refractivity contribution in [2.75, 3.05) is 5.73 Å². The molecule has 3 heterocycles. The van der Waals surface area contributed by atoms with E-state index in [0.717, 1.165) is 4.68 Å². The predicted octanol–water partition coefficient (Wildman–Crippen LogP) is 3.86. The lowest BCUT2D eigenvalue weighted by Gasteiger charge is -2.08. The van der Waals surface area contributed by atoms with E-state index in [2.05, 4.69) is 20.2 Å². The summed E-state index contributed by atoms with van der Waals surface area (Å²) >= 11 is 5.93. The molecule has 0 saturated heterocycles. The Bertz CT molecular complexity index is 1300. The molecule has 0 aliphatic rings. The van der Waals surface area contributed by atoms with Crippen LogP contribution in [0, 0.1) is 11.3 Å². The summed E-state index contributed by atoms with van der Waals surface area (Å²) < 4.78 is 43.9. The number of alkyl halides is 3. The monoisotopic (exact) mass is 444 g/mol. The highest BCUT2D eigenvalue weighted by atomic mass is 35.5. The van der Waals surface area contributed by atoms with Crippen molar-refractivity contribution in [1.82, 2.24) is 29.5 Å². The highest BCUT2D eigenvalue weighted by molar-refractivity contribution is 6.30. The second-order valence-corrected chi connectivity index (χ2v) is 6.82. The molecule has 156 valence electrons. The van der Waals surface area contributed by atoms with Gasteiger partial charge in [0, 0.05) is 30.0 Å². The van der Waals surface area contributed by atoms with Crippen LogP contribution >= 0.6 is 11.6 Å². The van der Waals surface area contributed by atoms with Crippen LogP contribution < -0.4 is 5.73 Å². The smallest absolute Gasteiger partial charge is 0.383 e. The molecule has 0 fully saturated rings. The SMILES string of the molecule is Cn1nc(-c2ccc(Cl)cc2)c(-c2c(C(F)(F)F)nn(-c3ncccn3)c2N)c1C#N. The first kappa shape index (κ1) is 20.4. The molecule has 1 aromatic carbocycles. The van der Waals surface area contributed by atoms with Gasteiger partial charge in [0.2, 0.25) is 0 Å². The minimum atomic E-state index is -4.87. The number of hydrogen-bond donors (Lipinski definition) is 1. The summed E-state index contributed by atoms with van der Waals surface area (Å²) in [4.78, 5) is 7.84. The van der Waals surface area contributed by atoms with Gasteiger partial charge in [-0.25, -0.2) is 9.97 Å². The number of aromatic nitrogens is 6. The Labute approximate surface area is 178 Å². The van der Waals surface area contributed by atoms with Gasteiger partial charge in [-0.1, -0.05) is 23.7 Å². The zero-order valence-electron chi connectivity index (χ0n) is 15.8. The fourth-order valence-electron chi connectivity index (χ4n) is 3.13. The summed E-state index contributed by atoms with van der Waals surface area (Å²) in [6.07, 6.45) is -2.18. The maximum atomic E-state index is 14.0. The third-order valence-electron chi connectivity index (χ3n) is 4.45. The standard InChI is InChI=1S/C19H12ClF3N8/c1-30-12(9-24)13(15(28-30)10-3-5-11(20)6-4-10)14-16(19(21,22)23)29-31(17(14)25)18-26-7-2-8-27-18/h2-8H,25H2,1H3. The van der Waals surface area contributed by atoms with E-state index in [9.17, 15) is 18.4 Å². The van der Waals surface area contributed by atoms with Gasteiger partial charge in [-0.3, -0.25) is 4.68 Å². The minimum Gasteiger partial charge on any atom is -0.383 e. The number of nitriles is 1. The van der Waals surface area contributed by atoms with Crippen LogP contribution in [0.4, 0.5) is 19.0 Å². The molecule has 0 bridgehead atoms. The maximum Gasteiger partial charge on any atom is 0.435 e. The van der Waals surface area contributed by atoms with E-state index in [4.69, 9.17) is 17.3 Å². The maximum absolute atomic E-state index is 14.0. The second kappa shape index (κ2) is 7.41. The third-order valence-corrected chi connectivity index (χ3v) is 4.70. The highest BCUT2D eigenvalue weighted by Crippen LogP contribution is 2.45. The molecule has 4 aromatic rings. The van der Waals surface area contributed by atoms with Crippen LogP contribution in [0.25, 0.3) is 28.3 Å². The molecule has 8 nitrogen and oxygen atoms in total. The number of nitrogens with zero attached hydrogens (tertiary/aromatic N) is 7.